The van der Waals surface area contributed by atoms with Gasteiger partial charge in [-0.05, 0) is 44.4 Å². The highest BCUT2D eigenvalue weighted by Crippen LogP contribution is 2.32. The molecular formula is C22H26N4O6. The van der Waals surface area contributed by atoms with Crippen LogP contribution in [0.5, 0.6) is 0 Å². The van der Waals surface area contributed by atoms with Crippen molar-refractivity contribution < 1.29 is 28.7 Å². The number of hydrogen-bond acceptors (Lipinski definition) is 6. The fourth-order valence-electron chi connectivity index (χ4n) is 3.72. The van der Waals surface area contributed by atoms with E-state index in [1.807, 2.05) is 0 Å². The standard InChI is InChI=1S/C22H26N4O6/c1-5-31-19(27)15-12(4)23-21(29)26-18(15)14-9-7-8-13(10-14)16-11(3)17(20(28)32-6-2)25-22(30)24-16/h7-10,16,18H,5-6H2,1-4H3,(H2,23,26,29)(H2,24,25,30). The third-order valence-corrected chi connectivity index (χ3v) is 5.16. The van der Waals surface area contributed by atoms with Crippen LogP contribution in [0.3, 0.4) is 0 Å². The van der Waals surface area contributed by atoms with E-state index in [2.05, 4.69) is 21.3 Å². The summed E-state index contributed by atoms with van der Waals surface area (Å²) in [5, 5.41) is 10.6. The van der Waals surface area contributed by atoms with Gasteiger partial charge in [-0.1, -0.05) is 24.3 Å². The topological polar surface area (TPSA) is 135 Å². The van der Waals surface area contributed by atoms with Gasteiger partial charge in [-0.2, -0.15) is 0 Å². The lowest BCUT2D eigenvalue weighted by Gasteiger charge is -2.30. The Kier molecular flexibility index (Phi) is 6.82. The number of urea groups is 2. The van der Waals surface area contributed by atoms with E-state index < -0.39 is 36.1 Å². The molecule has 0 aliphatic carbocycles. The van der Waals surface area contributed by atoms with Crippen LogP contribution in [0.15, 0.2) is 46.8 Å². The van der Waals surface area contributed by atoms with Gasteiger partial charge in [0.2, 0.25) is 0 Å². The van der Waals surface area contributed by atoms with E-state index >= 15 is 0 Å². The molecule has 10 heteroatoms. The van der Waals surface area contributed by atoms with Gasteiger partial charge >= 0.3 is 24.0 Å². The molecular weight excluding hydrogens is 416 g/mol. The first kappa shape index (κ1) is 22.9. The summed E-state index contributed by atoms with van der Waals surface area (Å²) in [5.41, 5.74) is 2.65. The summed E-state index contributed by atoms with van der Waals surface area (Å²) in [6.45, 7) is 7.11. The molecule has 10 nitrogen and oxygen atoms in total. The fourth-order valence-corrected chi connectivity index (χ4v) is 3.72. The second-order valence-corrected chi connectivity index (χ2v) is 7.27. The van der Waals surface area contributed by atoms with Crippen LogP contribution >= 0.6 is 0 Å². The number of carbonyl (C=O) groups excluding carboxylic acids is 4. The molecule has 0 saturated carbocycles. The van der Waals surface area contributed by atoms with Gasteiger partial charge in [0, 0.05) is 5.70 Å². The maximum absolute atomic E-state index is 12.6. The third kappa shape index (κ3) is 4.58. The van der Waals surface area contributed by atoms with Gasteiger partial charge in [0.05, 0.1) is 30.9 Å². The van der Waals surface area contributed by atoms with Crippen molar-refractivity contribution in [3.63, 3.8) is 0 Å². The summed E-state index contributed by atoms with van der Waals surface area (Å²) in [5.74, 6) is -1.15. The number of ether oxygens (including phenoxy) is 2. The minimum atomic E-state index is -0.742. The molecule has 2 unspecified atom stereocenters. The normalized spacial score (nSPS) is 20.6. The first-order chi connectivity index (χ1) is 15.3. The summed E-state index contributed by atoms with van der Waals surface area (Å²) >= 11 is 0. The zero-order valence-corrected chi connectivity index (χ0v) is 18.3. The molecule has 0 saturated heterocycles. The lowest BCUT2D eigenvalue weighted by atomic mass is 9.90. The molecule has 4 N–H and O–H groups in total. The van der Waals surface area contributed by atoms with Gasteiger partial charge in [0.1, 0.15) is 5.70 Å². The summed E-state index contributed by atoms with van der Waals surface area (Å²) in [4.78, 5) is 49.1. The number of benzene rings is 1. The van der Waals surface area contributed by atoms with Crippen LogP contribution in [0, 0.1) is 0 Å². The van der Waals surface area contributed by atoms with Crippen LogP contribution in [0.4, 0.5) is 9.59 Å². The summed E-state index contributed by atoms with van der Waals surface area (Å²) in [7, 11) is 0. The molecule has 2 atom stereocenters. The highest BCUT2D eigenvalue weighted by Gasteiger charge is 2.34. The zero-order valence-electron chi connectivity index (χ0n) is 18.3. The van der Waals surface area contributed by atoms with Crippen molar-refractivity contribution in [3.8, 4) is 0 Å². The molecule has 1 aromatic rings. The molecule has 0 fully saturated rings. The predicted molar refractivity (Wildman–Crippen MR) is 114 cm³/mol. The Bertz CT molecular complexity index is 1030. The van der Waals surface area contributed by atoms with Crippen molar-refractivity contribution in [3.05, 3.63) is 57.9 Å². The van der Waals surface area contributed by atoms with Crippen LogP contribution < -0.4 is 21.3 Å². The van der Waals surface area contributed by atoms with Crippen LogP contribution in [0.2, 0.25) is 0 Å². The number of hydrogen-bond donors (Lipinski definition) is 4. The van der Waals surface area contributed by atoms with E-state index in [1.165, 1.54) is 0 Å². The predicted octanol–water partition coefficient (Wildman–Crippen LogP) is 2.07. The summed E-state index contributed by atoms with van der Waals surface area (Å²) in [6, 6.07) is 4.75. The minimum absolute atomic E-state index is 0.0872. The molecule has 1 aromatic carbocycles. The SMILES string of the molecule is CCOC(=O)C1=C(C)C(c2cccc(C3NC(=O)NC(C)=C3C(=O)OCC)c2)NC(=O)N1. The second kappa shape index (κ2) is 9.54. The Labute approximate surface area is 185 Å². The number of allylic oxidation sites excluding steroid dienone is 1. The molecule has 0 bridgehead atoms. The number of carbonyl (C=O) groups is 4. The Hall–Kier alpha value is -3.82. The molecule has 2 heterocycles. The summed E-state index contributed by atoms with van der Waals surface area (Å²) in [6.07, 6.45) is 0. The lowest BCUT2D eigenvalue weighted by Crippen LogP contribution is -2.46. The fraction of sp³-hybridized carbons (Fsp3) is 0.364. The molecule has 32 heavy (non-hydrogen) atoms. The zero-order chi connectivity index (χ0) is 23.4. The third-order valence-electron chi connectivity index (χ3n) is 5.16. The minimum Gasteiger partial charge on any atom is -0.463 e. The average molecular weight is 442 g/mol. The van der Waals surface area contributed by atoms with Crippen molar-refractivity contribution in [2.45, 2.75) is 39.8 Å². The smallest absolute Gasteiger partial charge is 0.354 e. The van der Waals surface area contributed by atoms with E-state index in [1.54, 1.807) is 52.0 Å². The Balaban J connectivity index is 2.02. The number of nitrogens with one attached hydrogen (secondary N) is 4. The molecule has 3 rings (SSSR count). The maximum Gasteiger partial charge on any atom is 0.354 e. The van der Waals surface area contributed by atoms with Crippen LogP contribution in [-0.2, 0) is 19.1 Å². The quantitative estimate of drug-likeness (QED) is 0.498. The molecule has 0 radical (unpaired) electrons. The lowest BCUT2D eigenvalue weighted by molar-refractivity contribution is -0.140. The molecule has 0 spiro atoms. The van der Waals surface area contributed by atoms with Gasteiger partial charge in [-0.3, -0.25) is 0 Å². The number of amides is 4. The first-order valence-electron chi connectivity index (χ1n) is 10.3. The van der Waals surface area contributed by atoms with Crippen molar-refractivity contribution in [1.82, 2.24) is 21.3 Å². The van der Waals surface area contributed by atoms with Crippen LogP contribution in [-0.4, -0.2) is 37.2 Å². The first-order valence-corrected chi connectivity index (χ1v) is 10.3. The van der Waals surface area contributed by atoms with Gasteiger partial charge in [-0.15, -0.1) is 0 Å². The Morgan fingerprint density at radius 3 is 2.09 bits per heavy atom. The summed E-state index contributed by atoms with van der Waals surface area (Å²) < 4.78 is 10.2. The van der Waals surface area contributed by atoms with E-state index in [4.69, 9.17) is 9.47 Å². The number of esters is 2. The van der Waals surface area contributed by atoms with E-state index in [9.17, 15) is 19.2 Å². The highest BCUT2D eigenvalue weighted by atomic mass is 16.5. The monoisotopic (exact) mass is 442 g/mol. The Morgan fingerprint density at radius 1 is 0.875 bits per heavy atom. The second-order valence-electron chi connectivity index (χ2n) is 7.27. The van der Waals surface area contributed by atoms with E-state index in [0.29, 0.717) is 22.4 Å². The molecule has 0 aromatic heterocycles. The van der Waals surface area contributed by atoms with Gasteiger partial charge in [0.15, 0.2) is 0 Å². The maximum atomic E-state index is 12.6. The van der Waals surface area contributed by atoms with Crippen LogP contribution in [0.25, 0.3) is 0 Å². The molecule has 2 aliphatic rings. The highest BCUT2D eigenvalue weighted by molar-refractivity contribution is 5.96. The van der Waals surface area contributed by atoms with Gasteiger partial charge in [0.25, 0.3) is 0 Å². The molecule has 2 aliphatic heterocycles. The van der Waals surface area contributed by atoms with Gasteiger partial charge in [-0.25, -0.2) is 19.2 Å². The van der Waals surface area contributed by atoms with Crippen molar-refractivity contribution in [2.75, 3.05) is 13.2 Å². The van der Waals surface area contributed by atoms with E-state index in [0.717, 1.165) is 0 Å². The largest absolute Gasteiger partial charge is 0.463 e. The molecule has 4 amide bonds. The van der Waals surface area contributed by atoms with Crippen LogP contribution in [0.1, 0.15) is 50.9 Å². The average Bonchev–Trinajstić information content (AvgIpc) is 2.74. The van der Waals surface area contributed by atoms with Crippen molar-refractivity contribution >= 4 is 24.0 Å². The van der Waals surface area contributed by atoms with Gasteiger partial charge < -0.3 is 30.7 Å². The van der Waals surface area contributed by atoms with Crippen molar-refractivity contribution in [2.24, 2.45) is 0 Å². The van der Waals surface area contributed by atoms with E-state index in [-0.39, 0.29) is 24.5 Å². The van der Waals surface area contributed by atoms with Crippen molar-refractivity contribution in [1.29, 1.82) is 0 Å². The Morgan fingerprint density at radius 2 is 1.44 bits per heavy atom. The molecule has 170 valence electrons. The number of rotatable bonds is 6.